The van der Waals surface area contributed by atoms with Crippen molar-refractivity contribution in [3.8, 4) is 0 Å². The average molecular weight is 316 g/mol. The van der Waals surface area contributed by atoms with Crippen molar-refractivity contribution in [3.05, 3.63) is 21.3 Å². The molecule has 110 valence electrons. The fraction of sp³-hybridized carbons (Fsp3) is 0.571. The van der Waals surface area contributed by atoms with E-state index in [-0.39, 0.29) is 5.91 Å². The normalized spacial score (nSPS) is 23.4. The summed E-state index contributed by atoms with van der Waals surface area (Å²) in [5, 5.41) is 9.17. The van der Waals surface area contributed by atoms with Gasteiger partial charge in [-0.05, 0) is 24.5 Å². The zero-order valence-corrected chi connectivity index (χ0v) is 13.3. The molecule has 6 heteroatoms. The fourth-order valence-electron chi connectivity index (χ4n) is 2.73. The number of carboxylic acid groups (broad SMARTS) is 1. The van der Waals surface area contributed by atoms with E-state index in [0.717, 1.165) is 4.88 Å². The molecule has 0 unspecified atom stereocenters. The van der Waals surface area contributed by atoms with Crippen LogP contribution in [0.25, 0.3) is 0 Å². The molecule has 1 fully saturated rings. The number of nitrogens with zero attached hydrogens (tertiary/aromatic N) is 1. The SMILES string of the molecule is CCN(Cc1ccc(Cl)s1)C(=O)[C@H]1[C@@H](C(=O)O)C1(C)C. The van der Waals surface area contributed by atoms with Gasteiger partial charge < -0.3 is 10.0 Å². The Morgan fingerprint density at radius 1 is 1.40 bits per heavy atom. The summed E-state index contributed by atoms with van der Waals surface area (Å²) in [5.41, 5.74) is -0.455. The Morgan fingerprint density at radius 2 is 2.05 bits per heavy atom. The molecule has 0 bridgehead atoms. The number of aliphatic carboxylic acids is 1. The molecule has 0 saturated heterocycles. The number of hydrogen-bond donors (Lipinski definition) is 1. The number of halogens is 1. The van der Waals surface area contributed by atoms with E-state index < -0.39 is 23.2 Å². The van der Waals surface area contributed by atoms with E-state index in [1.165, 1.54) is 11.3 Å². The van der Waals surface area contributed by atoms with Gasteiger partial charge in [-0.25, -0.2) is 0 Å². The van der Waals surface area contributed by atoms with Crippen molar-refractivity contribution in [2.75, 3.05) is 6.54 Å². The quantitative estimate of drug-likeness (QED) is 0.908. The topological polar surface area (TPSA) is 57.6 Å². The van der Waals surface area contributed by atoms with Crippen LogP contribution in [0.3, 0.4) is 0 Å². The summed E-state index contributed by atoms with van der Waals surface area (Å²) in [5.74, 6) is -1.95. The number of hydrogen-bond acceptors (Lipinski definition) is 3. The Morgan fingerprint density at radius 3 is 2.45 bits per heavy atom. The first-order valence-corrected chi connectivity index (χ1v) is 7.74. The summed E-state index contributed by atoms with van der Waals surface area (Å²) in [6.07, 6.45) is 0. The molecule has 1 aromatic heterocycles. The molecule has 1 aliphatic rings. The highest BCUT2D eigenvalue weighted by molar-refractivity contribution is 7.16. The van der Waals surface area contributed by atoms with Crippen molar-refractivity contribution in [1.82, 2.24) is 4.90 Å². The summed E-state index contributed by atoms with van der Waals surface area (Å²) in [4.78, 5) is 26.4. The first-order chi connectivity index (χ1) is 9.28. The van der Waals surface area contributed by atoms with Crippen LogP contribution in [0, 0.1) is 17.3 Å². The van der Waals surface area contributed by atoms with Gasteiger partial charge in [0.2, 0.25) is 5.91 Å². The molecule has 1 saturated carbocycles. The Bertz CT molecular complexity index is 540. The summed E-state index contributed by atoms with van der Waals surface area (Å²) < 4.78 is 0.693. The lowest BCUT2D eigenvalue weighted by atomic mass is 10.1. The van der Waals surface area contributed by atoms with Crippen molar-refractivity contribution in [1.29, 1.82) is 0 Å². The minimum Gasteiger partial charge on any atom is -0.481 e. The van der Waals surface area contributed by atoms with Gasteiger partial charge in [0.1, 0.15) is 0 Å². The molecule has 2 rings (SSSR count). The van der Waals surface area contributed by atoms with Gasteiger partial charge in [-0.3, -0.25) is 9.59 Å². The molecule has 4 nitrogen and oxygen atoms in total. The van der Waals surface area contributed by atoms with Gasteiger partial charge in [0.25, 0.3) is 0 Å². The van der Waals surface area contributed by atoms with Crippen LogP contribution >= 0.6 is 22.9 Å². The Labute approximate surface area is 127 Å². The number of carbonyl (C=O) groups excluding carboxylic acids is 1. The third kappa shape index (κ3) is 2.69. The van der Waals surface area contributed by atoms with Gasteiger partial charge in [-0.15, -0.1) is 11.3 Å². The summed E-state index contributed by atoms with van der Waals surface area (Å²) in [7, 11) is 0. The summed E-state index contributed by atoms with van der Waals surface area (Å²) in [6.45, 7) is 6.63. The lowest BCUT2D eigenvalue weighted by molar-refractivity contribution is -0.142. The van der Waals surface area contributed by atoms with Gasteiger partial charge in [-0.1, -0.05) is 25.4 Å². The van der Waals surface area contributed by atoms with Crippen molar-refractivity contribution in [2.24, 2.45) is 17.3 Å². The number of carboxylic acids is 1. The molecular formula is C14H18ClNO3S. The maximum atomic E-state index is 12.5. The van der Waals surface area contributed by atoms with Gasteiger partial charge in [0.15, 0.2) is 0 Å². The molecule has 1 N–H and O–H groups in total. The molecule has 1 aliphatic carbocycles. The highest BCUT2D eigenvalue weighted by Crippen LogP contribution is 2.59. The highest BCUT2D eigenvalue weighted by Gasteiger charge is 2.66. The van der Waals surface area contributed by atoms with Crippen molar-refractivity contribution < 1.29 is 14.7 Å². The lowest BCUT2D eigenvalue weighted by Gasteiger charge is -2.21. The zero-order valence-electron chi connectivity index (χ0n) is 11.7. The second-order valence-electron chi connectivity index (χ2n) is 5.67. The molecule has 20 heavy (non-hydrogen) atoms. The predicted octanol–water partition coefficient (Wildman–Crippen LogP) is 3.11. The van der Waals surface area contributed by atoms with Gasteiger partial charge in [0, 0.05) is 11.4 Å². The molecule has 1 aromatic rings. The third-order valence-electron chi connectivity index (χ3n) is 4.03. The Balaban J connectivity index is 2.09. The van der Waals surface area contributed by atoms with Crippen LogP contribution < -0.4 is 0 Å². The molecular weight excluding hydrogens is 298 g/mol. The molecule has 0 radical (unpaired) electrons. The predicted molar refractivity (Wildman–Crippen MR) is 78.8 cm³/mol. The monoisotopic (exact) mass is 315 g/mol. The maximum Gasteiger partial charge on any atom is 0.307 e. The Kier molecular flexibility index (Phi) is 4.12. The van der Waals surface area contributed by atoms with Crippen molar-refractivity contribution in [3.63, 3.8) is 0 Å². The highest BCUT2D eigenvalue weighted by atomic mass is 35.5. The van der Waals surface area contributed by atoms with E-state index in [4.69, 9.17) is 16.7 Å². The van der Waals surface area contributed by atoms with E-state index in [2.05, 4.69) is 0 Å². The molecule has 1 heterocycles. The third-order valence-corrected chi connectivity index (χ3v) is 5.24. The fourth-order valence-corrected chi connectivity index (χ4v) is 3.83. The van der Waals surface area contributed by atoms with Crippen molar-refractivity contribution >= 4 is 34.8 Å². The van der Waals surface area contributed by atoms with E-state index in [0.29, 0.717) is 17.4 Å². The smallest absolute Gasteiger partial charge is 0.307 e. The van der Waals surface area contributed by atoms with E-state index in [1.54, 1.807) is 11.0 Å². The number of thiophene rings is 1. The first kappa shape index (κ1) is 15.3. The molecule has 0 aromatic carbocycles. The van der Waals surface area contributed by atoms with Crippen LogP contribution in [-0.2, 0) is 16.1 Å². The summed E-state index contributed by atoms with van der Waals surface area (Å²) >= 11 is 7.33. The summed E-state index contributed by atoms with van der Waals surface area (Å²) in [6, 6.07) is 3.71. The minimum atomic E-state index is -0.886. The second kappa shape index (κ2) is 5.37. The van der Waals surface area contributed by atoms with Gasteiger partial charge in [0.05, 0.1) is 22.7 Å². The second-order valence-corrected chi connectivity index (χ2v) is 7.47. The minimum absolute atomic E-state index is 0.0746. The van der Waals surface area contributed by atoms with Gasteiger partial charge >= 0.3 is 5.97 Å². The van der Waals surface area contributed by atoms with Crippen molar-refractivity contribution in [2.45, 2.75) is 27.3 Å². The number of rotatable bonds is 5. The van der Waals surface area contributed by atoms with Crippen LogP contribution in [0.4, 0.5) is 0 Å². The van der Waals surface area contributed by atoms with Crippen LogP contribution in [0.15, 0.2) is 12.1 Å². The number of amides is 1. The molecule has 2 atom stereocenters. The zero-order chi connectivity index (χ0) is 15.1. The average Bonchev–Trinajstić information content (AvgIpc) is 2.71. The maximum absolute atomic E-state index is 12.5. The number of carbonyl (C=O) groups is 2. The Hall–Kier alpha value is -1.07. The van der Waals surface area contributed by atoms with Gasteiger partial charge in [-0.2, -0.15) is 0 Å². The van der Waals surface area contributed by atoms with E-state index >= 15 is 0 Å². The van der Waals surface area contributed by atoms with Crippen LogP contribution in [0.5, 0.6) is 0 Å². The van der Waals surface area contributed by atoms with E-state index in [9.17, 15) is 9.59 Å². The molecule has 0 spiro atoms. The standard InChI is InChI=1S/C14H18ClNO3S/c1-4-16(7-8-5-6-9(15)20-8)12(17)10-11(13(18)19)14(10,2)3/h5-6,10-11H,4,7H2,1-3H3,(H,18,19)/t10-,11+/m1/s1. The van der Waals surface area contributed by atoms with E-state index in [1.807, 2.05) is 26.8 Å². The molecule has 1 amide bonds. The molecule has 0 aliphatic heterocycles. The van der Waals surface area contributed by atoms with Crippen LogP contribution in [0.1, 0.15) is 25.6 Å². The lowest BCUT2D eigenvalue weighted by Crippen LogP contribution is -2.33. The first-order valence-electron chi connectivity index (χ1n) is 6.54. The van der Waals surface area contributed by atoms with Crippen LogP contribution in [-0.4, -0.2) is 28.4 Å². The largest absolute Gasteiger partial charge is 0.481 e. The van der Waals surface area contributed by atoms with Crippen LogP contribution in [0.2, 0.25) is 4.34 Å².